The molecule has 3 rings (SSSR count). The zero-order valence-corrected chi connectivity index (χ0v) is 11.8. The number of hydrogen-bond donors (Lipinski definition) is 0. The average molecular weight is 316 g/mol. The average Bonchev–Trinajstić information content (AvgIpc) is 2.55. The molecule has 2 nitrogen and oxygen atoms in total. The molecule has 0 bridgehead atoms. The lowest BCUT2D eigenvalue weighted by atomic mass is 10.0. The van der Waals surface area contributed by atoms with Crippen LogP contribution >= 0.6 is 0 Å². The van der Waals surface area contributed by atoms with E-state index in [0.717, 1.165) is 12.1 Å². The molecule has 0 fully saturated rings. The third kappa shape index (κ3) is 3.04. The van der Waals surface area contributed by atoms with Crippen molar-refractivity contribution in [2.24, 2.45) is 0 Å². The highest BCUT2D eigenvalue weighted by molar-refractivity contribution is 5.71. The maximum Gasteiger partial charge on any atom is 0.416 e. The summed E-state index contributed by atoms with van der Waals surface area (Å²) in [6.45, 7) is 0. The van der Waals surface area contributed by atoms with Crippen LogP contribution in [0.25, 0.3) is 22.3 Å². The number of halogens is 3. The van der Waals surface area contributed by atoms with E-state index >= 15 is 0 Å². The van der Waals surface area contributed by atoms with Crippen molar-refractivity contribution < 1.29 is 17.6 Å². The molecule has 0 spiro atoms. The molecule has 0 aliphatic rings. The Morgan fingerprint density at radius 2 is 1.39 bits per heavy atom. The summed E-state index contributed by atoms with van der Waals surface area (Å²) in [7, 11) is 0. The minimum absolute atomic E-state index is 0.0949. The molecule has 0 saturated heterocycles. The van der Waals surface area contributed by atoms with Gasteiger partial charge < -0.3 is 4.42 Å². The van der Waals surface area contributed by atoms with E-state index in [1.807, 2.05) is 6.07 Å². The van der Waals surface area contributed by atoms with E-state index in [1.165, 1.54) is 24.7 Å². The summed E-state index contributed by atoms with van der Waals surface area (Å²) < 4.78 is 43.7. The summed E-state index contributed by atoms with van der Waals surface area (Å²) in [5.41, 5.74) is 0.0423. The van der Waals surface area contributed by atoms with Crippen LogP contribution in [0.5, 0.6) is 0 Å². The Hall–Kier alpha value is -2.82. The summed E-state index contributed by atoms with van der Waals surface area (Å²) in [6.07, 6.45) is -1.99. The molecule has 23 heavy (non-hydrogen) atoms. The van der Waals surface area contributed by atoms with E-state index in [9.17, 15) is 18.0 Å². The van der Waals surface area contributed by atoms with E-state index in [2.05, 4.69) is 0 Å². The van der Waals surface area contributed by atoms with Crippen molar-refractivity contribution in [1.29, 1.82) is 0 Å². The van der Waals surface area contributed by atoms with Gasteiger partial charge in [0, 0.05) is 0 Å². The first-order chi connectivity index (χ1) is 11.0. The van der Waals surface area contributed by atoms with E-state index < -0.39 is 11.7 Å². The Morgan fingerprint density at radius 3 is 2.04 bits per heavy atom. The fraction of sp³-hybridized carbons (Fsp3) is 0.0556. The fourth-order valence-corrected chi connectivity index (χ4v) is 2.30. The molecular formula is C18H11F3O2. The zero-order valence-electron chi connectivity index (χ0n) is 11.8. The van der Waals surface area contributed by atoms with Crippen molar-refractivity contribution in [3.63, 3.8) is 0 Å². The highest BCUT2D eigenvalue weighted by atomic mass is 19.4. The van der Waals surface area contributed by atoms with Gasteiger partial charge in [-0.25, -0.2) is 0 Å². The van der Waals surface area contributed by atoms with Gasteiger partial charge in [-0.05, 0) is 23.3 Å². The van der Waals surface area contributed by atoms with Crippen molar-refractivity contribution in [2.45, 2.75) is 6.18 Å². The van der Waals surface area contributed by atoms with Gasteiger partial charge in [0.05, 0.1) is 16.7 Å². The van der Waals surface area contributed by atoms with Gasteiger partial charge in [-0.15, -0.1) is 0 Å². The van der Waals surface area contributed by atoms with Crippen LogP contribution in [0.1, 0.15) is 5.56 Å². The lowest BCUT2D eigenvalue weighted by Crippen LogP contribution is -2.09. The number of alkyl halides is 3. The smallest absolute Gasteiger partial charge is 0.416 e. The minimum Gasteiger partial charge on any atom is -0.471 e. The van der Waals surface area contributed by atoms with E-state index in [1.54, 1.807) is 24.3 Å². The molecular weight excluding hydrogens is 305 g/mol. The molecule has 0 saturated carbocycles. The van der Waals surface area contributed by atoms with Gasteiger partial charge in [-0.1, -0.05) is 42.5 Å². The lowest BCUT2D eigenvalue weighted by Gasteiger charge is -2.09. The SMILES string of the molecule is O=c1c(-c2ccccc2)cocc1-c1cccc(C(F)(F)F)c1. The highest BCUT2D eigenvalue weighted by Gasteiger charge is 2.30. The minimum atomic E-state index is -4.47. The predicted octanol–water partition coefficient (Wildman–Crippen LogP) is 4.99. The van der Waals surface area contributed by atoms with Crippen molar-refractivity contribution in [3.05, 3.63) is 82.9 Å². The summed E-state index contributed by atoms with van der Waals surface area (Å²) >= 11 is 0. The van der Waals surface area contributed by atoms with Gasteiger partial charge in [0.25, 0.3) is 0 Å². The molecule has 0 radical (unpaired) electrons. The van der Waals surface area contributed by atoms with Gasteiger partial charge in [-0.2, -0.15) is 13.2 Å². The van der Waals surface area contributed by atoms with Crippen molar-refractivity contribution >= 4 is 0 Å². The van der Waals surface area contributed by atoms with Gasteiger partial charge >= 0.3 is 6.18 Å². The number of rotatable bonds is 2. The molecule has 0 unspecified atom stereocenters. The van der Waals surface area contributed by atoms with Gasteiger partial charge in [0.15, 0.2) is 5.43 Å². The topological polar surface area (TPSA) is 30.2 Å². The summed E-state index contributed by atoms with van der Waals surface area (Å²) in [5.74, 6) is 0. The van der Waals surface area contributed by atoms with Crippen LogP contribution < -0.4 is 5.43 Å². The normalized spacial score (nSPS) is 11.4. The van der Waals surface area contributed by atoms with Crippen LogP contribution in [0.4, 0.5) is 13.2 Å². The molecule has 2 aromatic carbocycles. The zero-order chi connectivity index (χ0) is 16.4. The van der Waals surface area contributed by atoms with E-state index in [0.29, 0.717) is 11.1 Å². The molecule has 3 aromatic rings. The van der Waals surface area contributed by atoms with E-state index in [-0.39, 0.29) is 16.6 Å². The van der Waals surface area contributed by atoms with Crippen molar-refractivity contribution in [3.8, 4) is 22.3 Å². The quantitative estimate of drug-likeness (QED) is 0.666. The molecule has 0 aliphatic carbocycles. The van der Waals surface area contributed by atoms with Crippen molar-refractivity contribution in [1.82, 2.24) is 0 Å². The molecule has 5 heteroatoms. The first-order valence-electron chi connectivity index (χ1n) is 6.80. The molecule has 0 amide bonds. The van der Waals surface area contributed by atoms with E-state index in [4.69, 9.17) is 4.42 Å². The van der Waals surface area contributed by atoms with Crippen LogP contribution in [0.15, 0.2) is 76.3 Å². The largest absolute Gasteiger partial charge is 0.471 e. The Morgan fingerprint density at radius 1 is 0.783 bits per heavy atom. The first kappa shape index (κ1) is 15.1. The lowest BCUT2D eigenvalue weighted by molar-refractivity contribution is -0.137. The monoisotopic (exact) mass is 316 g/mol. The molecule has 0 N–H and O–H groups in total. The number of hydrogen-bond acceptors (Lipinski definition) is 2. The first-order valence-corrected chi connectivity index (χ1v) is 6.80. The maximum atomic E-state index is 12.8. The van der Waals surface area contributed by atoms with Gasteiger partial charge in [-0.3, -0.25) is 4.79 Å². The van der Waals surface area contributed by atoms with Crippen LogP contribution in [-0.4, -0.2) is 0 Å². The van der Waals surface area contributed by atoms with Crippen LogP contribution in [0.3, 0.4) is 0 Å². The second-order valence-electron chi connectivity index (χ2n) is 4.97. The molecule has 0 atom stereocenters. The molecule has 0 aliphatic heterocycles. The summed E-state index contributed by atoms with van der Waals surface area (Å²) in [5, 5.41) is 0. The fourth-order valence-electron chi connectivity index (χ4n) is 2.30. The molecule has 1 heterocycles. The van der Waals surface area contributed by atoms with Crippen LogP contribution in [0, 0.1) is 0 Å². The maximum absolute atomic E-state index is 12.8. The Labute approximate surface area is 129 Å². The van der Waals surface area contributed by atoms with Gasteiger partial charge in [0.1, 0.15) is 12.5 Å². The number of benzene rings is 2. The summed E-state index contributed by atoms with van der Waals surface area (Å²) in [4.78, 5) is 12.6. The second kappa shape index (κ2) is 5.76. The highest BCUT2D eigenvalue weighted by Crippen LogP contribution is 2.31. The Bertz CT molecular complexity index is 881. The third-order valence-electron chi connectivity index (χ3n) is 3.45. The predicted molar refractivity (Wildman–Crippen MR) is 80.9 cm³/mol. The molecule has 1 aromatic heterocycles. The summed E-state index contributed by atoms with van der Waals surface area (Å²) in [6, 6.07) is 13.5. The molecule has 116 valence electrons. The Kier molecular flexibility index (Phi) is 3.78. The van der Waals surface area contributed by atoms with Crippen LogP contribution in [-0.2, 0) is 6.18 Å². The standard InChI is InChI=1S/C18H11F3O2/c19-18(20,21)14-8-4-7-13(9-14)16-11-23-10-15(17(16)22)12-5-2-1-3-6-12/h1-11H. The van der Waals surface area contributed by atoms with Crippen molar-refractivity contribution in [2.75, 3.05) is 0 Å². The third-order valence-corrected chi connectivity index (χ3v) is 3.45. The van der Waals surface area contributed by atoms with Crippen LogP contribution in [0.2, 0.25) is 0 Å². The second-order valence-corrected chi connectivity index (χ2v) is 4.97. The Balaban J connectivity index is 2.14. The van der Waals surface area contributed by atoms with Gasteiger partial charge in [0.2, 0.25) is 0 Å².